The van der Waals surface area contributed by atoms with Crippen molar-refractivity contribution < 1.29 is 19.1 Å². The maximum atomic E-state index is 13.2. The van der Waals surface area contributed by atoms with Crippen LogP contribution in [0.5, 0.6) is 0 Å². The molecule has 35 heavy (non-hydrogen) atoms. The quantitative estimate of drug-likeness (QED) is 0.527. The molecule has 1 aliphatic rings. The Morgan fingerprint density at radius 3 is 2.71 bits per heavy atom. The molecule has 3 N–H and O–H groups in total. The number of anilines is 1. The van der Waals surface area contributed by atoms with E-state index in [9.17, 15) is 14.4 Å². The molecule has 0 saturated carbocycles. The molecule has 3 aromatic rings. The molecule has 1 aliphatic heterocycles. The van der Waals surface area contributed by atoms with Crippen LogP contribution in [0.3, 0.4) is 0 Å². The number of piperidine rings is 1. The van der Waals surface area contributed by atoms with Crippen LogP contribution < -0.4 is 11.1 Å². The Balaban J connectivity index is 1.52. The summed E-state index contributed by atoms with van der Waals surface area (Å²) in [5.41, 5.74) is 8.52. The normalized spacial score (nSPS) is 15.3. The van der Waals surface area contributed by atoms with Crippen LogP contribution in [0.2, 0.25) is 0 Å². The Hall–Kier alpha value is -4.27. The number of amides is 2. The Labute approximate surface area is 203 Å². The highest BCUT2D eigenvalue weighted by Gasteiger charge is 2.31. The number of carbonyl (C=O) groups is 3. The van der Waals surface area contributed by atoms with E-state index in [1.807, 2.05) is 30.3 Å². The van der Waals surface area contributed by atoms with Gasteiger partial charge in [-0.25, -0.2) is 9.97 Å². The molecule has 9 nitrogen and oxygen atoms in total. The summed E-state index contributed by atoms with van der Waals surface area (Å²) in [5, 5.41) is 2.90. The van der Waals surface area contributed by atoms with E-state index < -0.39 is 0 Å². The van der Waals surface area contributed by atoms with Gasteiger partial charge in [-0.3, -0.25) is 14.4 Å². The van der Waals surface area contributed by atoms with E-state index >= 15 is 0 Å². The molecule has 1 saturated heterocycles. The van der Waals surface area contributed by atoms with Gasteiger partial charge in [0.15, 0.2) is 11.5 Å². The van der Waals surface area contributed by atoms with E-state index in [-0.39, 0.29) is 41.8 Å². The highest BCUT2D eigenvalue weighted by Crippen LogP contribution is 2.23. The number of hydrogen-bond acceptors (Lipinski definition) is 7. The second-order valence-corrected chi connectivity index (χ2v) is 8.35. The van der Waals surface area contributed by atoms with Gasteiger partial charge in [-0.15, -0.1) is 0 Å². The van der Waals surface area contributed by atoms with E-state index in [1.165, 1.54) is 13.3 Å². The summed E-state index contributed by atoms with van der Waals surface area (Å²) in [4.78, 5) is 48.0. The van der Waals surface area contributed by atoms with Crippen LogP contribution in [-0.2, 0) is 16.1 Å². The number of benzene rings is 2. The van der Waals surface area contributed by atoms with Crippen molar-refractivity contribution in [3.05, 3.63) is 77.6 Å². The number of nitrogens with two attached hydrogens (primary N) is 1. The lowest BCUT2D eigenvalue weighted by molar-refractivity contribution is -0.146. The first-order valence-electron chi connectivity index (χ1n) is 11.4. The third-order valence-corrected chi connectivity index (χ3v) is 5.96. The number of ether oxygens (including phenoxy) is 1. The van der Waals surface area contributed by atoms with Crippen molar-refractivity contribution in [2.75, 3.05) is 25.9 Å². The lowest BCUT2D eigenvalue weighted by Crippen LogP contribution is -2.43. The zero-order valence-corrected chi connectivity index (χ0v) is 19.4. The molecule has 0 spiro atoms. The molecular formula is C26H27N5O4. The standard InChI is InChI=1S/C26H27N5O4/c1-35-26(34)20-11-6-12-31(16-20)25(33)22-23(27)28-15-21(30-22)18-9-5-10-19(13-18)24(32)29-14-17-7-3-2-4-8-17/h2-5,7-10,13,15,20H,6,11-12,14,16H2,1H3,(H2,27,28)(H,29,32). The summed E-state index contributed by atoms with van der Waals surface area (Å²) in [7, 11) is 1.34. The third-order valence-electron chi connectivity index (χ3n) is 5.96. The second kappa shape index (κ2) is 10.8. The van der Waals surface area contributed by atoms with Crippen molar-refractivity contribution in [2.24, 2.45) is 5.92 Å². The predicted octanol–water partition coefficient (Wildman–Crippen LogP) is 2.68. The Morgan fingerprint density at radius 2 is 1.94 bits per heavy atom. The van der Waals surface area contributed by atoms with Crippen LogP contribution in [0.1, 0.15) is 39.3 Å². The first-order valence-corrected chi connectivity index (χ1v) is 11.4. The minimum absolute atomic E-state index is 0.00991. The van der Waals surface area contributed by atoms with Gasteiger partial charge in [-0.1, -0.05) is 42.5 Å². The van der Waals surface area contributed by atoms with E-state index in [0.717, 1.165) is 5.56 Å². The van der Waals surface area contributed by atoms with Gasteiger partial charge >= 0.3 is 5.97 Å². The molecule has 2 amide bonds. The van der Waals surface area contributed by atoms with E-state index in [0.29, 0.717) is 42.8 Å². The zero-order valence-electron chi connectivity index (χ0n) is 19.4. The molecule has 9 heteroatoms. The lowest BCUT2D eigenvalue weighted by atomic mass is 9.98. The number of nitrogens with zero attached hydrogens (tertiary/aromatic N) is 3. The highest BCUT2D eigenvalue weighted by molar-refractivity contribution is 5.98. The monoisotopic (exact) mass is 473 g/mol. The fourth-order valence-electron chi connectivity index (χ4n) is 4.07. The molecule has 1 aromatic heterocycles. The summed E-state index contributed by atoms with van der Waals surface area (Å²) in [5.74, 6) is -1.31. The summed E-state index contributed by atoms with van der Waals surface area (Å²) >= 11 is 0. The number of carbonyl (C=O) groups excluding carboxylic acids is 3. The summed E-state index contributed by atoms with van der Waals surface area (Å²) < 4.78 is 4.83. The SMILES string of the molecule is COC(=O)C1CCCN(C(=O)c2nc(-c3cccc(C(=O)NCc4ccccc4)c3)cnc2N)C1. The average Bonchev–Trinajstić information content (AvgIpc) is 2.91. The number of esters is 1. The molecule has 1 unspecified atom stereocenters. The Kier molecular flexibility index (Phi) is 7.35. The predicted molar refractivity (Wildman–Crippen MR) is 130 cm³/mol. The van der Waals surface area contributed by atoms with Gasteiger partial charge in [-0.2, -0.15) is 0 Å². The van der Waals surface area contributed by atoms with E-state index in [2.05, 4.69) is 15.3 Å². The number of aromatic nitrogens is 2. The fraction of sp³-hybridized carbons (Fsp3) is 0.269. The maximum absolute atomic E-state index is 13.2. The van der Waals surface area contributed by atoms with Gasteiger partial charge in [0.05, 0.1) is 24.9 Å². The van der Waals surface area contributed by atoms with Crippen molar-refractivity contribution in [3.8, 4) is 11.3 Å². The highest BCUT2D eigenvalue weighted by atomic mass is 16.5. The molecule has 180 valence electrons. The van der Waals surface area contributed by atoms with Crippen LogP contribution in [0, 0.1) is 5.92 Å². The van der Waals surface area contributed by atoms with E-state index in [1.54, 1.807) is 29.2 Å². The molecule has 2 heterocycles. The van der Waals surface area contributed by atoms with Crippen molar-refractivity contribution in [1.82, 2.24) is 20.2 Å². The van der Waals surface area contributed by atoms with Crippen molar-refractivity contribution in [3.63, 3.8) is 0 Å². The van der Waals surface area contributed by atoms with E-state index in [4.69, 9.17) is 10.5 Å². The fourth-order valence-corrected chi connectivity index (χ4v) is 4.07. The molecule has 4 rings (SSSR count). The maximum Gasteiger partial charge on any atom is 0.310 e. The smallest absolute Gasteiger partial charge is 0.310 e. The zero-order chi connectivity index (χ0) is 24.8. The number of likely N-dealkylation sites (tertiary alicyclic amines) is 1. The van der Waals surface area contributed by atoms with Crippen LogP contribution >= 0.6 is 0 Å². The second-order valence-electron chi connectivity index (χ2n) is 8.35. The topological polar surface area (TPSA) is 128 Å². The molecule has 2 aromatic carbocycles. The number of rotatable bonds is 6. The molecule has 0 radical (unpaired) electrons. The average molecular weight is 474 g/mol. The first kappa shape index (κ1) is 23.9. The minimum atomic E-state index is -0.387. The number of nitrogens with one attached hydrogen (secondary N) is 1. The van der Waals surface area contributed by atoms with Crippen LogP contribution in [0.25, 0.3) is 11.3 Å². The van der Waals surface area contributed by atoms with Crippen LogP contribution in [0.4, 0.5) is 5.82 Å². The van der Waals surface area contributed by atoms with Crippen molar-refractivity contribution in [1.29, 1.82) is 0 Å². The number of nitrogen functional groups attached to an aromatic ring is 1. The van der Waals surface area contributed by atoms with Gasteiger partial charge < -0.3 is 20.7 Å². The molecule has 0 aliphatic carbocycles. The van der Waals surface area contributed by atoms with Gasteiger partial charge in [0.1, 0.15) is 0 Å². The Morgan fingerprint density at radius 1 is 1.14 bits per heavy atom. The number of methoxy groups -OCH3 is 1. The van der Waals surface area contributed by atoms with Gasteiger partial charge in [0.25, 0.3) is 11.8 Å². The number of hydrogen-bond donors (Lipinski definition) is 2. The first-order chi connectivity index (χ1) is 17.0. The van der Waals surface area contributed by atoms with Gasteiger partial charge in [-0.05, 0) is 30.5 Å². The lowest BCUT2D eigenvalue weighted by Gasteiger charge is -2.31. The third kappa shape index (κ3) is 5.63. The molecule has 0 bridgehead atoms. The molecule has 1 fully saturated rings. The Bertz CT molecular complexity index is 1230. The van der Waals surface area contributed by atoms with Crippen LogP contribution in [-0.4, -0.2) is 52.9 Å². The summed E-state index contributed by atoms with van der Waals surface area (Å²) in [6, 6.07) is 16.6. The van der Waals surface area contributed by atoms with Gasteiger partial charge in [0.2, 0.25) is 0 Å². The largest absolute Gasteiger partial charge is 0.469 e. The minimum Gasteiger partial charge on any atom is -0.469 e. The molecular weight excluding hydrogens is 446 g/mol. The van der Waals surface area contributed by atoms with Crippen molar-refractivity contribution >= 4 is 23.6 Å². The molecule has 1 atom stereocenters. The summed E-state index contributed by atoms with van der Waals surface area (Å²) in [6.45, 7) is 1.15. The summed E-state index contributed by atoms with van der Waals surface area (Å²) in [6.07, 6.45) is 2.82. The van der Waals surface area contributed by atoms with Crippen LogP contribution in [0.15, 0.2) is 60.8 Å². The van der Waals surface area contributed by atoms with Crippen molar-refractivity contribution in [2.45, 2.75) is 19.4 Å². The van der Waals surface area contributed by atoms with Gasteiger partial charge in [0, 0.05) is 30.8 Å².